The summed E-state index contributed by atoms with van der Waals surface area (Å²) in [5, 5.41) is 34.7. The second-order valence-corrected chi connectivity index (χ2v) is 17.6. The highest BCUT2D eigenvalue weighted by atomic mass is 32.1. The monoisotopic (exact) mass is 632 g/mol. The Kier molecular flexibility index (Phi) is 8.38. The number of allylic oxidation sites excluding steroid dienone is 3. The van der Waals surface area contributed by atoms with Crippen LogP contribution in [-0.2, 0) is 19.1 Å². The normalized spacial score (nSPS) is 49.8. The molecule has 0 bridgehead atoms. The summed E-state index contributed by atoms with van der Waals surface area (Å²) in [5.41, 5.74) is -0.694. The number of aliphatic hydroxyl groups is 3. The van der Waals surface area contributed by atoms with Gasteiger partial charge in [0.05, 0.1) is 24.2 Å². The first-order valence-electron chi connectivity index (χ1n) is 16.7. The predicted molar refractivity (Wildman–Crippen MR) is 173 cm³/mol. The van der Waals surface area contributed by atoms with Crippen molar-refractivity contribution in [1.29, 1.82) is 0 Å². The summed E-state index contributed by atoms with van der Waals surface area (Å²) in [6.45, 7) is 17.7. The van der Waals surface area contributed by atoms with Crippen LogP contribution in [0.25, 0.3) is 0 Å². The van der Waals surface area contributed by atoms with Crippen LogP contribution in [0.4, 0.5) is 0 Å². The predicted octanol–water partition coefficient (Wildman–Crippen LogP) is 5.80. The average Bonchev–Trinajstić information content (AvgIpc) is 2.92. The highest BCUT2D eigenvalue weighted by Gasteiger charge is 2.73. The van der Waals surface area contributed by atoms with Crippen molar-refractivity contribution in [2.45, 2.75) is 136 Å². The molecule has 7 nitrogen and oxygen atoms in total. The van der Waals surface area contributed by atoms with E-state index < -0.39 is 58.5 Å². The summed E-state index contributed by atoms with van der Waals surface area (Å²) in [4.78, 5) is 25.7. The second-order valence-electron chi connectivity index (χ2n) is 16.6. The Morgan fingerprint density at radius 1 is 0.955 bits per heavy atom. The van der Waals surface area contributed by atoms with Crippen molar-refractivity contribution < 1.29 is 34.4 Å². The SMILES string of the molecule is C/C=C(/C)C(=O)O[C@H]1[C@H](OC(C)=O)C(C)(C)CC2C3=CCC4[C@@]5(C)CC[C@H](O)[C@@](C)(S)C5CC[C@@]4(C)[C@]3(C)C[C@@H](O)[C@]21CO. The third-order valence-corrected chi connectivity index (χ3v) is 14.8. The highest BCUT2D eigenvalue weighted by Crippen LogP contribution is 2.75. The van der Waals surface area contributed by atoms with Gasteiger partial charge in [0.2, 0.25) is 0 Å². The molecule has 0 heterocycles. The first-order valence-corrected chi connectivity index (χ1v) is 17.1. The molecule has 5 rings (SSSR count). The van der Waals surface area contributed by atoms with Crippen LogP contribution in [0.1, 0.15) is 107 Å². The van der Waals surface area contributed by atoms with Gasteiger partial charge in [-0.15, -0.1) is 0 Å². The number of aliphatic hydroxyl groups excluding tert-OH is 3. The Morgan fingerprint density at radius 2 is 1.61 bits per heavy atom. The molecule has 0 amide bonds. The smallest absolute Gasteiger partial charge is 0.333 e. The topological polar surface area (TPSA) is 113 Å². The fourth-order valence-electron chi connectivity index (χ4n) is 11.4. The summed E-state index contributed by atoms with van der Waals surface area (Å²) in [6, 6.07) is 0. The Morgan fingerprint density at radius 3 is 2.20 bits per heavy atom. The van der Waals surface area contributed by atoms with E-state index in [4.69, 9.17) is 22.1 Å². The maximum Gasteiger partial charge on any atom is 0.333 e. The first kappa shape index (κ1) is 34.0. The van der Waals surface area contributed by atoms with Gasteiger partial charge < -0.3 is 24.8 Å². The van der Waals surface area contributed by atoms with E-state index in [0.29, 0.717) is 24.3 Å². The van der Waals surface area contributed by atoms with Gasteiger partial charge in [0.1, 0.15) is 6.10 Å². The minimum absolute atomic E-state index is 0.0153. The number of hydrogen-bond donors (Lipinski definition) is 4. The van der Waals surface area contributed by atoms with E-state index in [9.17, 15) is 24.9 Å². The van der Waals surface area contributed by atoms with Gasteiger partial charge in [0.25, 0.3) is 0 Å². The maximum absolute atomic E-state index is 13.3. The average molecular weight is 633 g/mol. The lowest BCUT2D eigenvalue weighted by Crippen LogP contribution is -2.72. The molecule has 4 fully saturated rings. The van der Waals surface area contributed by atoms with Crippen LogP contribution in [0, 0.1) is 44.8 Å². The van der Waals surface area contributed by atoms with Gasteiger partial charge in [-0.3, -0.25) is 4.79 Å². The van der Waals surface area contributed by atoms with E-state index in [2.05, 4.69) is 33.8 Å². The molecule has 0 aromatic heterocycles. The Bertz CT molecular complexity index is 1250. The van der Waals surface area contributed by atoms with Crippen molar-refractivity contribution in [2.24, 2.45) is 44.8 Å². The zero-order valence-electron chi connectivity index (χ0n) is 28.3. The fraction of sp³-hybridized carbons (Fsp3) is 0.833. The van der Waals surface area contributed by atoms with Crippen LogP contribution < -0.4 is 0 Å². The van der Waals surface area contributed by atoms with E-state index in [1.807, 2.05) is 13.8 Å². The van der Waals surface area contributed by atoms with Crippen LogP contribution in [0.2, 0.25) is 0 Å². The molecule has 0 spiro atoms. The van der Waals surface area contributed by atoms with E-state index >= 15 is 0 Å². The third-order valence-electron chi connectivity index (χ3n) is 14.2. The molecule has 5 aliphatic carbocycles. The molecule has 44 heavy (non-hydrogen) atoms. The number of carbonyl (C=O) groups is 2. The Labute approximate surface area is 269 Å². The van der Waals surface area contributed by atoms with E-state index in [0.717, 1.165) is 32.1 Å². The van der Waals surface area contributed by atoms with Gasteiger partial charge in [0, 0.05) is 22.7 Å². The number of thiol groups is 1. The molecule has 0 aromatic rings. The summed E-state index contributed by atoms with van der Waals surface area (Å²) in [7, 11) is 0. The molecule has 12 atom stereocenters. The molecule has 0 radical (unpaired) electrons. The molecule has 0 aromatic carbocycles. The standard InChI is InChI=1S/C36H56O7S/c1-10-20(2)30(41)43-29-28(42-21(3)38)31(4,5)17-23-22-11-12-24-32(6)15-14-26(39)35(9,44)25(32)13-16-33(24,7)34(22,8)18-27(40)36(23,29)19-37/h10-11,23-29,37,39-40,44H,12-19H2,1-9H3/b20-10-/t23?,24?,25?,26-,27+,28-,29-,32+,33+,34+,35-,36-/m0/s1. The number of fused-ring (bicyclic) bond motifs is 7. The van der Waals surface area contributed by atoms with Gasteiger partial charge >= 0.3 is 11.9 Å². The van der Waals surface area contributed by atoms with Crippen LogP contribution in [0.5, 0.6) is 0 Å². The lowest BCUT2D eigenvalue weighted by atomic mass is 9.33. The van der Waals surface area contributed by atoms with Crippen molar-refractivity contribution >= 4 is 24.6 Å². The summed E-state index contributed by atoms with van der Waals surface area (Å²) in [5.74, 6) is -0.685. The van der Waals surface area contributed by atoms with E-state index in [-0.39, 0.29) is 28.1 Å². The third kappa shape index (κ3) is 4.46. The lowest BCUT2D eigenvalue weighted by Gasteiger charge is -2.72. The lowest BCUT2D eigenvalue weighted by molar-refractivity contribution is -0.263. The van der Waals surface area contributed by atoms with Crippen LogP contribution in [0.15, 0.2) is 23.3 Å². The van der Waals surface area contributed by atoms with Crippen molar-refractivity contribution in [3.63, 3.8) is 0 Å². The molecule has 0 saturated heterocycles. The highest BCUT2D eigenvalue weighted by molar-refractivity contribution is 7.81. The number of esters is 2. The molecule has 248 valence electrons. The van der Waals surface area contributed by atoms with Crippen molar-refractivity contribution in [2.75, 3.05) is 6.61 Å². The molecule has 4 saturated carbocycles. The van der Waals surface area contributed by atoms with Crippen molar-refractivity contribution in [3.05, 3.63) is 23.3 Å². The zero-order valence-corrected chi connectivity index (χ0v) is 29.2. The Hall–Kier alpha value is -1.35. The summed E-state index contributed by atoms with van der Waals surface area (Å²) < 4.78 is 11.7. The molecule has 0 aliphatic heterocycles. The zero-order chi connectivity index (χ0) is 32.8. The quantitative estimate of drug-likeness (QED) is 0.134. The molecular formula is C36H56O7S. The Balaban J connectivity index is 1.65. The van der Waals surface area contributed by atoms with Crippen LogP contribution in [-0.4, -0.2) is 63.0 Å². The second kappa shape index (κ2) is 10.8. The first-order chi connectivity index (χ1) is 20.3. The van der Waals surface area contributed by atoms with Crippen LogP contribution in [0.3, 0.4) is 0 Å². The van der Waals surface area contributed by atoms with Crippen molar-refractivity contribution in [3.8, 4) is 0 Å². The van der Waals surface area contributed by atoms with Crippen LogP contribution >= 0.6 is 12.6 Å². The largest absolute Gasteiger partial charge is 0.458 e. The summed E-state index contributed by atoms with van der Waals surface area (Å²) >= 11 is 5.08. The summed E-state index contributed by atoms with van der Waals surface area (Å²) in [6.07, 6.45) is 6.22. The van der Waals surface area contributed by atoms with Gasteiger partial charge in [-0.2, -0.15) is 12.6 Å². The molecule has 3 N–H and O–H groups in total. The minimum atomic E-state index is -1.23. The molecule has 3 unspecified atom stereocenters. The van der Waals surface area contributed by atoms with Crippen molar-refractivity contribution in [1.82, 2.24) is 0 Å². The van der Waals surface area contributed by atoms with Gasteiger partial charge in [-0.1, -0.05) is 52.3 Å². The van der Waals surface area contributed by atoms with E-state index in [1.54, 1.807) is 19.9 Å². The molecule has 5 aliphatic rings. The number of rotatable bonds is 4. The van der Waals surface area contributed by atoms with E-state index in [1.165, 1.54) is 12.5 Å². The number of ether oxygens (including phenoxy) is 2. The number of carbonyl (C=O) groups excluding carboxylic acids is 2. The van der Waals surface area contributed by atoms with Gasteiger partial charge in [-0.05, 0) is 99.7 Å². The maximum atomic E-state index is 13.3. The minimum Gasteiger partial charge on any atom is -0.458 e. The van der Waals surface area contributed by atoms with Gasteiger partial charge in [-0.25, -0.2) is 4.79 Å². The fourth-order valence-corrected chi connectivity index (χ4v) is 11.9. The molecule has 8 heteroatoms. The number of hydrogen-bond acceptors (Lipinski definition) is 8. The van der Waals surface area contributed by atoms with Gasteiger partial charge in [0.15, 0.2) is 6.10 Å². The molecular weight excluding hydrogens is 576 g/mol.